The summed E-state index contributed by atoms with van der Waals surface area (Å²) in [6.45, 7) is 1.85. The van der Waals surface area contributed by atoms with E-state index in [1.165, 1.54) is 66.7 Å². The average Bonchev–Trinajstić information content (AvgIpc) is 2.86. The van der Waals surface area contributed by atoms with Crippen molar-refractivity contribution in [3.05, 3.63) is 114 Å². The van der Waals surface area contributed by atoms with Crippen LogP contribution in [-0.4, -0.2) is 22.7 Å². The quantitative estimate of drug-likeness (QED) is 0.291. The van der Waals surface area contributed by atoms with E-state index in [0.717, 1.165) is 17.7 Å². The van der Waals surface area contributed by atoms with Gasteiger partial charge in [-0.2, -0.15) is 0 Å². The minimum Gasteiger partial charge on any atom is -0.322 e. The van der Waals surface area contributed by atoms with Crippen LogP contribution in [-0.2, 0) is 20.0 Å². The van der Waals surface area contributed by atoms with Crippen LogP contribution >= 0.6 is 0 Å². The molecule has 1 amide bonds. The third-order valence-electron chi connectivity index (χ3n) is 5.23. The van der Waals surface area contributed by atoms with E-state index >= 15 is 0 Å². The number of benzene rings is 4. The van der Waals surface area contributed by atoms with Crippen LogP contribution in [0.2, 0.25) is 0 Å². The molecule has 4 aromatic rings. The van der Waals surface area contributed by atoms with Crippen molar-refractivity contribution in [3.63, 3.8) is 0 Å². The largest absolute Gasteiger partial charge is 0.322 e. The monoisotopic (exact) mass is 539 g/mol. The van der Waals surface area contributed by atoms with Gasteiger partial charge in [-0.1, -0.05) is 23.8 Å². The van der Waals surface area contributed by atoms with Crippen molar-refractivity contribution in [1.29, 1.82) is 0 Å². The second-order valence-electron chi connectivity index (χ2n) is 8.09. The molecule has 0 radical (unpaired) electrons. The summed E-state index contributed by atoms with van der Waals surface area (Å²) >= 11 is 0. The number of rotatable bonds is 8. The molecule has 0 heterocycles. The standard InChI is InChI=1S/C26H22FN3O5S2/c1-18-5-13-24(14-6-18)37(34,35)30-23-4-2-3-19(17-23)26(31)28-21-11-15-25(16-12-21)36(32,33)29-22-9-7-20(27)8-10-22/h2-17,29-30H,1H3,(H,28,31). The van der Waals surface area contributed by atoms with Gasteiger partial charge < -0.3 is 5.32 Å². The molecule has 0 aromatic heterocycles. The van der Waals surface area contributed by atoms with E-state index in [1.54, 1.807) is 18.2 Å². The van der Waals surface area contributed by atoms with Crippen molar-refractivity contribution < 1.29 is 26.0 Å². The zero-order valence-corrected chi connectivity index (χ0v) is 21.1. The maximum absolute atomic E-state index is 13.0. The third-order valence-corrected chi connectivity index (χ3v) is 8.02. The van der Waals surface area contributed by atoms with Crippen molar-refractivity contribution in [2.75, 3.05) is 14.8 Å². The van der Waals surface area contributed by atoms with Gasteiger partial charge in [0.05, 0.1) is 9.79 Å². The molecule has 37 heavy (non-hydrogen) atoms. The highest BCUT2D eigenvalue weighted by Gasteiger charge is 2.17. The number of carbonyl (C=O) groups excluding carboxylic acids is 1. The van der Waals surface area contributed by atoms with E-state index in [2.05, 4.69) is 14.8 Å². The zero-order chi connectivity index (χ0) is 26.6. The summed E-state index contributed by atoms with van der Waals surface area (Å²) in [6, 6.07) is 22.7. The summed E-state index contributed by atoms with van der Waals surface area (Å²) in [5.74, 6) is -1.01. The lowest BCUT2D eigenvalue weighted by atomic mass is 10.2. The summed E-state index contributed by atoms with van der Waals surface area (Å²) in [6.07, 6.45) is 0. The molecule has 0 aliphatic heterocycles. The Kier molecular flexibility index (Phi) is 7.28. The fraction of sp³-hybridized carbons (Fsp3) is 0.0385. The number of halogens is 1. The highest BCUT2D eigenvalue weighted by Crippen LogP contribution is 2.21. The van der Waals surface area contributed by atoms with Gasteiger partial charge in [0.25, 0.3) is 26.0 Å². The minimum atomic E-state index is -3.92. The normalized spacial score (nSPS) is 11.5. The lowest BCUT2D eigenvalue weighted by molar-refractivity contribution is 0.102. The molecule has 190 valence electrons. The number of aryl methyl sites for hydroxylation is 1. The van der Waals surface area contributed by atoms with Gasteiger partial charge >= 0.3 is 0 Å². The molecule has 0 saturated carbocycles. The number of sulfonamides is 2. The molecule has 0 saturated heterocycles. The number of anilines is 3. The van der Waals surface area contributed by atoms with E-state index in [9.17, 15) is 26.0 Å². The van der Waals surface area contributed by atoms with Crippen LogP contribution in [0.3, 0.4) is 0 Å². The van der Waals surface area contributed by atoms with E-state index in [1.807, 2.05) is 6.92 Å². The summed E-state index contributed by atoms with van der Waals surface area (Å²) in [4.78, 5) is 12.8. The SMILES string of the molecule is Cc1ccc(S(=O)(=O)Nc2cccc(C(=O)Nc3ccc(S(=O)(=O)Nc4ccc(F)cc4)cc3)c2)cc1. The summed E-state index contributed by atoms with van der Waals surface area (Å²) < 4.78 is 68.3. The van der Waals surface area contributed by atoms with Crippen LogP contribution < -0.4 is 14.8 Å². The highest BCUT2D eigenvalue weighted by molar-refractivity contribution is 7.93. The molecule has 0 bridgehead atoms. The summed E-state index contributed by atoms with van der Waals surface area (Å²) in [5.41, 5.74) is 1.86. The maximum Gasteiger partial charge on any atom is 0.261 e. The average molecular weight is 540 g/mol. The summed E-state index contributed by atoms with van der Waals surface area (Å²) in [5, 5.41) is 2.65. The second-order valence-corrected chi connectivity index (χ2v) is 11.5. The number of carbonyl (C=O) groups is 1. The van der Waals surface area contributed by atoms with Gasteiger partial charge in [-0.05, 0) is 85.8 Å². The van der Waals surface area contributed by atoms with Gasteiger partial charge in [-0.3, -0.25) is 14.2 Å². The molecule has 8 nitrogen and oxygen atoms in total. The molecular formula is C26H22FN3O5S2. The predicted molar refractivity (Wildman–Crippen MR) is 140 cm³/mol. The Morgan fingerprint density at radius 2 is 1.16 bits per heavy atom. The van der Waals surface area contributed by atoms with Gasteiger partial charge in [0.15, 0.2) is 0 Å². The fourth-order valence-electron chi connectivity index (χ4n) is 3.31. The fourth-order valence-corrected chi connectivity index (χ4v) is 5.42. The van der Waals surface area contributed by atoms with Crippen molar-refractivity contribution in [2.24, 2.45) is 0 Å². The van der Waals surface area contributed by atoms with Gasteiger partial charge in [-0.25, -0.2) is 21.2 Å². The van der Waals surface area contributed by atoms with E-state index in [4.69, 9.17) is 0 Å². The number of nitrogens with one attached hydrogen (secondary N) is 3. The first kappa shape index (κ1) is 25.9. The van der Waals surface area contributed by atoms with Gasteiger partial charge in [0, 0.05) is 22.6 Å². The van der Waals surface area contributed by atoms with Crippen molar-refractivity contribution >= 4 is 43.0 Å². The number of hydrogen-bond donors (Lipinski definition) is 3. The molecular weight excluding hydrogens is 517 g/mol. The van der Waals surface area contributed by atoms with Crippen LogP contribution in [0.15, 0.2) is 107 Å². The Balaban J connectivity index is 1.44. The first-order valence-corrected chi connectivity index (χ1v) is 13.9. The Hall–Kier alpha value is -4.22. The summed E-state index contributed by atoms with van der Waals surface area (Å²) in [7, 11) is -7.76. The lowest BCUT2D eigenvalue weighted by Crippen LogP contribution is -2.15. The van der Waals surface area contributed by atoms with Crippen LogP contribution in [0.25, 0.3) is 0 Å². The molecule has 0 aliphatic rings. The number of amides is 1. The van der Waals surface area contributed by atoms with Crippen molar-refractivity contribution in [1.82, 2.24) is 0 Å². The van der Waals surface area contributed by atoms with E-state index in [0.29, 0.717) is 5.69 Å². The van der Waals surface area contributed by atoms with Gasteiger partial charge in [0.1, 0.15) is 5.82 Å². The highest BCUT2D eigenvalue weighted by atomic mass is 32.2. The Bertz CT molecular complexity index is 1640. The van der Waals surface area contributed by atoms with Crippen LogP contribution in [0.5, 0.6) is 0 Å². The molecule has 0 spiro atoms. The van der Waals surface area contributed by atoms with Crippen LogP contribution in [0.4, 0.5) is 21.5 Å². The number of hydrogen-bond acceptors (Lipinski definition) is 5. The van der Waals surface area contributed by atoms with Gasteiger partial charge in [0.2, 0.25) is 0 Å². The van der Waals surface area contributed by atoms with Crippen LogP contribution in [0.1, 0.15) is 15.9 Å². The predicted octanol–water partition coefficient (Wildman–Crippen LogP) is 4.99. The molecule has 3 N–H and O–H groups in total. The van der Waals surface area contributed by atoms with Crippen molar-refractivity contribution in [2.45, 2.75) is 16.7 Å². The van der Waals surface area contributed by atoms with Crippen molar-refractivity contribution in [3.8, 4) is 0 Å². The van der Waals surface area contributed by atoms with E-state index < -0.39 is 31.8 Å². The smallest absolute Gasteiger partial charge is 0.261 e. The molecule has 0 atom stereocenters. The maximum atomic E-state index is 13.0. The Morgan fingerprint density at radius 1 is 0.649 bits per heavy atom. The molecule has 4 rings (SSSR count). The zero-order valence-electron chi connectivity index (χ0n) is 19.5. The molecule has 0 aliphatic carbocycles. The Morgan fingerprint density at radius 3 is 1.76 bits per heavy atom. The molecule has 0 fully saturated rings. The lowest BCUT2D eigenvalue weighted by Gasteiger charge is -2.11. The second kappa shape index (κ2) is 10.4. The molecule has 11 heteroatoms. The topological polar surface area (TPSA) is 121 Å². The molecule has 4 aromatic carbocycles. The van der Waals surface area contributed by atoms with Gasteiger partial charge in [-0.15, -0.1) is 0 Å². The first-order valence-electron chi connectivity index (χ1n) is 10.9. The molecule has 0 unspecified atom stereocenters. The third kappa shape index (κ3) is 6.51. The first-order chi connectivity index (χ1) is 17.5. The minimum absolute atomic E-state index is 0.0534. The Labute approximate surface area is 214 Å². The van der Waals surface area contributed by atoms with E-state index in [-0.39, 0.29) is 26.7 Å². The van der Waals surface area contributed by atoms with Crippen LogP contribution in [0, 0.1) is 12.7 Å².